The Bertz CT molecular complexity index is 1110. The summed E-state index contributed by atoms with van der Waals surface area (Å²) in [4.78, 5) is 41.8. The van der Waals surface area contributed by atoms with E-state index in [1.54, 1.807) is 12.1 Å². The highest BCUT2D eigenvalue weighted by Gasteiger charge is 2.33. The fraction of sp³-hybridized carbons (Fsp3) is 0.464. The molecule has 2 amide bonds. The molecule has 0 N–H and O–H groups in total. The highest BCUT2D eigenvalue weighted by molar-refractivity contribution is 5.98. The van der Waals surface area contributed by atoms with Gasteiger partial charge in [0.15, 0.2) is 17.3 Å². The molecule has 2 aliphatic rings. The van der Waals surface area contributed by atoms with E-state index in [9.17, 15) is 14.4 Å². The quantitative estimate of drug-likeness (QED) is 0.504. The van der Waals surface area contributed by atoms with Crippen LogP contribution in [0.3, 0.4) is 0 Å². The van der Waals surface area contributed by atoms with Crippen LogP contribution in [0.15, 0.2) is 42.5 Å². The molecule has 1 atom stereocenters. The normalized spacial score (nSPS) is 18.3. The van der Waals surface area contributed by atoms with Crippen molar-refractivity contribution >= 4 is 17.6 Å². The molecule has 0 saturated carbocycles. The van der Waals surface area contributed by atoms with Crippen LogP contribution in [0.2, 0.25) is 0 Å². The molecule has 0 radical (unpaired) electrons. The standard InChI is InChI=1S/C28H34N2O7/c1-19(31)23-9-10-24(34-2)26(35-3)25(23)37-18-22-17-30(15-16-36-22)28(33)21-11-13-29(14-12-21)27(32)20-7-5-4-6-8-20/h4-10,21-22H,11-18H2,1-3H3. The number of amides is 2. The lowest BCUT2D eigenvalue weighted by molar-refractivity contribution is -0.145. The van der Waals surface area contributed by atoms with Gasteiger partial charge in [0.1, 0.15) is 12.7 Å². The van der Waals surface area contributed by atoms with Gasteiger partial charge in [-0.2, -0.15) is 0 Å². The zero-order chi connectivity index (χ0) is 26.4. The Morgan fingerprint density at radius 2 is 1.65 bits per heavy atom. The Morgan fingerprint density at radius 1 is 0.919 bits per heavy atom. The second-order valence-electron chi connectivity index (χ2n) is 9.25. The Balaban J connectivity index is 1.34. The van der Waals surface area contributed by atoms with Gasteiger partial charge in [0.05, 0.1) is 32.9 Å². The molecule has 1 unspecified atom stereocenters. The van der Waals surface area contributed by atoms with Crippen molar-refractivity contribution in [1.82, 2.24) is 9.80 Å². The maximum Gasteiger partial charge on any atom is 0.253 e. The van der Waals surface area contributed by atoms with Gasteiger partial charge in [0.2, 0.25) is 11.7 Å². The van der Waals surface area contributed by atoms with Gasteiger partial charge in [-0.1, -0.05) is 18.2 Å². The number of Topliss-reactive ketones (excluding diaryl/α,β-unsaturated/α-hetero) is 1. The number of methoxy groups -OCH3 is 2. The van der Waals surface area contributed by atoms with Crippen LogP contribution < -0.4 is 14.2 Å². The van der Waals surface area contributed by atoms with E-state index in [0.717, 1.165) is 0 Å². The number of rotatable bonds is 8. The number of morpholine rings is 1. The van der Waals surface area contributed by atoms with E-state index < -0.39 is 0 Å². The van der Waals surface area contributed by atoms with Crippen molar-refractivity contribution in [3.05, 3.63) is 53.6 Å². The number of hydrogen-bond acceptors (Lipinski definition) is 7. The number of ether oxygens (including phenoxy) is 4. The molecule has 37 heavy (non-hydrogen) atoms. The summed E-state index contributed by atoms with van der Waals surface area (Å²) in [6, 6.07) is 12.5. The van der Waals surface area contributed by atoms with Gasteiger partial charge in [-0.15, -0.1) is 0 Å². The lowest BCUT2D eigenvalue weighted by atomic mass is 9.94. The summed E-state index contributed by atoms with van der Waals surface area (Å²) in [5, 5.41) is 0. The highest BCUT2D eigenvalue weighted by Crippen LogP contribution is 2.40. The summed E-state index contributed by atoms with van der Waals surface area (Å²) in [7, 11) is 3.01. The SMILES string of the molecule is COc1ccc(C(C)=O)c(OCC2CN(C(=O)C3CCN(C(=O)c4ccccc4)CC3)CCO2)c1OC. The molecule has 2 fully saturated rings. The minimum atomic E-state index is -0.354. The number of carbonyl (C=O) groups is 3. The molecule has 2 saturated heterocycles. The Morgan fingerprint density at radius 3 is 2.30 bits per heavy atom. The molecule has 0 bridgehead atoms. The monoisotopic (exact) mass is 510 g/mol. The van der Waals surface area contributed by atoms with Crippen LogP contribution in [0.25, 0.3) is 0 Å². The van der Waals surface area contributed by atoms with E-state index in [4.69, 9.17) is 18.9 Å². The minimum absolute atomic E-state index is 0.00739. The molecule has 4 rings (SSSR count). The molecular weight excluding hydrogens is 476 g/mol. The van der Waals surface area contributed by atoms with Gasteiger partial charge in [-0.05, 0) is 44.0 Å². The topological polar surface area (TPSA) is 94.6 Å². The Labute approximate surface area is 217 Å². The van der Waals surface area contributed by atoms with Crippen LogP contribution in [0.4, 0.5) is 0 Å². The van der Waals surface area contributed by atoms with Crippen LogP contribution >= 0.6 is 0 Å². The second-order valence-corrected chi connectivity index (χ2v) is 9.25. The zero-order valence-electron chi connectivity index (χ0n) is 21.6. The molecule has 2 aliphatic heterocycles. The highest BCUT2D eigenvalue weighted by atomic mass is 16.6. The van der Waals surface area contributed by atoms with Crippen molar-refractivity contribution in [2.45, 2.75) is 25.9 Å². The van der Waals surface area contributed by atoms with Crippen LogP contribution in [0, 0.1) is 5.92 Å². The van der Waals surface area contributed by atoms with E-state index in [2.05, 4.69) is 0 Å². The lowest BCUT2D eigenvalue weighted by Crippen LogP contribution is -2.51. The second kappa shape index (κ2) is 12.1. The van der Waals surface area contributed by atoms with Crippen molar-refractivity contribution in [2.24, 2.45) is 5.92 Å². The zero-order valence-corrected chi connectivity index (χ0v) is 21.6. The van der Waals surface area contributed by atoms with Crippen molar-refractivity contribution in [3.63, 3.8) is 0 Å². The third-order valence-electron chi connectivity index (χ3n) is 6.90. The average molecular weight is 511 g/mol. The van der Waals surface area contributed by atoms with E-state index in [1.165, 1.54) is 21.1 Å². The smallest absolute Gasteiger partial charge is 0.253 e. The van der Waals surface area contributed by atoms with Crippen LogP contribution in [0.1, 0.15) is 40.5 Å². The predicted octanol–water partition coefficient (Wildman–Crippen LogP) is 3.07. The summed E-state index contributed by atoms with van der Waals surface area (Å²) >= 11 is 0. The Hall–Kier alpha value is -3.59. The van der Waals surface area contributed by atoms with E-state index in [-0.39, 0.29) is 36.2 Å². The van der Waals surface area contributed by atoms with Gasteiger partial charge in [0, 0.05) is 31.1 Å². The van der Waals surface area contributed by atoms with Crippen molar-refractivity contribution in [3.8, 4) is 17.2 Å². The van der Waals surface area contributed by atoms with Gasteiger partial charge in [-0.3, -0.25) is 14.4 Å². The first-order valence-electron chi connectivity index (χ1n) is 12.6. The fourth-order valence-corrected chi connectivity index (χ4v) is 4.87. The summed E-state index contributed by atoms with van der Waals surface area (Å²) < 4.78 is 22.7. The van der Waals surface area contributed by atoms with Gasteiger partial charge >= 0.3 is 0 Å². The number of hydrogen-bond donors (Lipinski definition) is 0. The summed E-state index contributed by atoms with van der Waals surface area (Å²) in [5.41, 5.74) is 1.06. The fourth-order valence-electron chi connectivity index (χ4n) is 4.87. The molecule has 2 aromatic rings. The molecule has 9 nitrogen and oxygen atoms in total. The molecule has 198 valence electrons. The molecule has 0 aliphatic carbocycles. The molecule has 0 aromatic heterocycles. The Kier molecular flexibility index (Phi) is 8.66. The van der Waals surface area contributed by atoms with Crippen LogP contribution in [-0.2, 0) is 9.53 Å². The third kappa shape index (κ3) is 6.05. The molecule has 2 heterocycles. The summed E-state index contributed by atoms with van der Waals surface area (Å²) in [6.45, 7) is 4.04. The maximum atomic E-state index is 13.3. The first kappa shape index (κ1) is 26.5. The largest absolute Gasteiger partial charge is 0.493 e. The van der Waals surface area contributed by atoms with E-state index >= 15 is 0 Å². The number of nitrogens with zero attached hydrogens (tertiary/aromatic N) is 2. The number of piperidine rings is 1. The molecule has 2 aromatic carbocycles. The summed E-state index contributed by atoms with van der Waals surface area (Å²) in [5.74, 6) is 0.918. The number of benzene rings is 2. The van der Waals surface area contributed by atoms with Crippen LogP contribution in [-0.4, -0.2) is 87.1 Å². The predicted molar refractivity (Wildman–Crippen MR) is 136 cm³/mol. The van der Waals surface area contributed by atoms with Crippen molar-refractivity contribution in [1.29, 1.82) is 0 Å². The number of likely N-dealkylation sites (tertiary alicyclic amines) is 1. The maximum absolute atomic E-state index is 13.3. The molecule has 9 heteroatoms. The number of carbonyl (C=O) groups excluding carboxylic acids is 3. The van der Waals surface area contributed by atoms with Gasteiger partial charge in [-0.25, -0.2) is 0 Å². The van der Waals surface area contributed by atoms with E-state index in [1.807, 2.05) is 40.1 Å². The van der Waals surface area contributed by atoms with Crippen molar-refractivity contribution < 1.29 is 33.3 Å². The van der Waals surface area contributed by atoms with Gasteiger partial charge in [0.25, 0.3) is 5.91 Å². The minimum Gasteiger partial charge on any atom is -0.493 e. The first-order chi connectivity index (χ1) is 17.9. The third-order valence-corrected chi connectivity index (χ3v) is 6.90. The van der Waals surface area contributed by atoms with Crippen LogP contribution in [0.5, 0.6) is 17.2 Å². The molecular formula is C28H34N2O7. The van der Waals surface area contributed by atoms with Crippen molar-refractivity contribution in [2.75, 3.05) is 53.6 Å². The average Bonchev–Trinajstić information content (AvgIpc) is 2.95. The molecule has 0 spiro atoms. The lowest BCUT2D eigenvalue weighted by Gasteiger charge is -2.37. The number of ketones is 1. The van der Waals surface area contributed by atoms with E-state index in [0.29, 0.717) is 74.0 Å². The van der Waals surface area contributed by atoms with Gasteiger partial charge < -0.3 is 28.7 Å². The first-order valence-corrected chi connectivity index (χ1v) is 12.6. The summed E-state index contributed by atoms with van der Waals surface area (Å²) in [6.07, 6.45) is 0.922.